The Kier molecular flexibility index (Phi) is 2.58. The van der Waals surface area contributed by atoms with Crippen molar-refractivity contribution in [2.24, 2.45) is 0 Å². The van der Waals surface area contributed by atoms with Crippen LogP contribution >= 0.6 is 0 Å². The Labute approximate surface area is 85.1 Å². The van der Waals surface area contributed by atoms with Crippen molar-refractivity contribution in [3.8, 4) is 5.75 Å². The van der Waals surface area contributed by atoms with Gasteiger partial charge in [-0.2, -0.15) is 0 Å². The van der Waals surface area contributed by atoms with Crippen LogP contribution in [0.25, 0.3) is 5.57 Å². The molecular formula is C13H16O. The Balaban J connectivity index is 2.39. The smallest absolute Gasteiger partial charge is 0.123 e. The minimum absolute atomic E-state index is 0.420. The highest BCUT2D eigenvalue weighted by molar-refractivity contribution is 5.71. The van der Waals surface area contributed by atoms with E-state index in [1.54, 1.807) is 6.07 Å². The summed E-state index contributed by atoms with van der Waals surface area (Å²) >= 11 is 0. The Morgan fingerprint density at radius 3 is 2.79 bits per heavy atom. The molecule has 0 aromatic heterocycles. The summed E-state index contributed by atoms with van der Waals surface area (Å²) in [7, 11) is 0. The normalized spacial score (nSPS) is 16.5. The molecule has 14 heavy (non-hydrogen) atoms. The van der Waals surface area contributed by atoms with Crippen molar-refractivity contribution in [3.05, 3.63) is 35.4 Å². The molecule has 74 valence electrons. The molecule has 0 saturated heterocycles. The van der Waals surface area contributed by atoms with Crippen LogP contribution in [0.2, 0.25) is 0 Å². The molecule has 0 amide bonds. The summed E-state index contributed by atoms with van der Waals surface area (Å²) in [6.07, 6.45) is 7.06. The molecule has 0 atom stereocenters. The number of hydrogen-bond acceptors (Lipinski definition) is 1. The molecule has 0 aliphatic heterocycles. The molecule has 1 aliphatic rings. The lowest BCUT2D eigenvalue weighted by atomic mass is 9.92. The van der Waals surface area contributed by atoms with Crippen molar-refractivity contribution in [3.63, 3.8) is 0 Å². The Morgan fingerprint density at radius 2 is 2.07 bits per heavy atom. The zero-order valence-corrected chi connectivity index (χ0v) is 8.59. The minimum atomic E-state index is 0.420. The molecule has 1 aromatic carbocycles. The molecule has 0 bridgehead atoms. The second-order valence-electron chi connectivity index (χ2n) is 4.00. The van der Waals surface area contributed by atoms with Crippen molar-refractivity contribution in [2.75, 3.05) is 0 Å². The quantitative estimate of drug-likeness (QED) is 0.713. The predicted octanol–water partition coefficient (Wildman–Crippen LogP) is 3.66. The average Bonchev–Trinajstić information content (AvgIpc) is 2.23. The van der Waals surface area contributed by atoms with E-state index in [0.29, 0.717) is 5.75 Å². The lowest BCUT2D eigenvalue weighted by Crippen LogP contribution is -1.92. The van der Waals surface area contributed by atoms with Gasteiger partial charge in [-0.25, -0.2) is 0 Å². The van der Waals surface area contributed by atoms with Gasteiger partial charge in [-0.3, -0.25) is 0 Å². The first-order valence-corrected chi connectivity index (χ1v) is 5.26. The number of rotatable bonds is 1. The van der Waals surface area contributed by atoms with Gasteiger partial charge in [0.25, 0.3) is 0 Å². The molecule has 1 heteroatoms. The first-order chi connectivity index (χ1) is 6.77. The molecule has 1 aromatic rings. The molecule has 0 fully saturated rings. The van der Waals surface area contributed by atoms with E-state index in [1.165, 1.54) is 24.0 Å². The topological polar surface area (TPSA) is 20.2 Å². The van der Waals surface area contributed by atoms with E-state index in [2.05, 4.69) is 19.1 Å². The summed E-state index contributed by atoms with van der Waals surface area (Å²) in [5.74, 6) is 0.420. The number of allylic oxidation sites excluding steroid dienone is 2. The van der Waals surface area contributed by atoms with Gasteiger partial charge in [-0.15, -0.1) is 0 Å². The van der Waals surface area contributed by atoms with Gasteiger partial charge < -0.3 is 5.11 Å². The molecule has 1 nitrogen and oxygen atoms in total. The largest absolute Gasteiger partial charge is 0.507 e. The van der Waals surface area contributed by atoms with Gasteiger partial charge in [-0.05, 0) is 50.3 Å². The van der Waals surface area contributed by atoms with E-state index in [1.807, 2.05) is 6.07 Å². The number of aromatic hydroxyl groups is 1. The summed E-state index contributed by atoms with van der Waals surface area (Å²) in [4.78, 5) is 0. The Bertz CT molecular complexity index is 363. The van der Waals surface area contributed by atoms with Crippen LogP contribution in [0.15, 0.2) is 24.3 Å². The van der Waals surface area contributed by atoms with E-state index >= 15 is 0 Å². The monoisotopic (exact) mass is 188 g/mol. The molecule has 1 aliphatic carbocycles. The van der Waals surface area contributed by atoms with Gasteiger partial charge in [0.15, 0.2) is 0 Å². The van der Waals surface area contributed by atoms with Gasteiger partial charge in [0.1, 0.15) is 5.75 Å². The third kappa shape index (κ3) is 1.82. The van der Waals surface area contributed by atoms with Gasteiger partial charge in [0, 0.05) is 5.56 Å². The molecule has 0 unspecified atom stereocenters. The van der Waals surface area contributed by atoms with Crippen LogP contribution in [0.5, 0.6) is 5.75 Å². The summed E-state index contributed by atoms with van der Waals surface area (Å²) < 4.78 is 0. The fraction of sp³-hybridized carbons (Fsp3) is 0.385. The Hall–Kier alpha value is -1.24. The minimum Gasteiger partial charge on any atom is -0.507 e. The summed E-state index contributed by atoms with van der Waals surface area (Å²) in [6, 6.07) is 5.81. The van der Waals surface area contributed by atoms with Gasteiger partial charge in [0.2, 0.25) is 0 Å². The number of benzene rings is 1. The van der Waals surface area contributed by atoms with Gasteiger partial charge >= 0.3 is 0 Å². The number of aryl methyl sites for hydroxylation is 1. The third-order valence-electron chi connectivity index (χ3n) is 2.79. The van der Waals surface area contributed by atoms with Crippen LogP contribution in [0.3, 0.4) is 0 Å². The first kappa shape index (κ1) is 9.32. The van der Waals surface area contributed by atoms with Crippen molar-refractivity contribution < 1.29 is 5.11 Å². The standard InChI is InChI=1S/C13H16O/c1-10-7-8-13(14)12(9-10)11-5-3-2-4-6-11/h5,7-9,14H,2-4,6H2,1H3. The van der Waals surface area contributed by atoms with Crippen LogP contribution in [0.4, 0.5) is 0 Å². The maximum absolute atomic E-state index is 9.75. The highest BCUT2D eigenvalue weighted by Crippen LogP contribution is 2.32. The van der Waals surface area contributed by atoms with E-state index in [0.717, 1.165) is 18.4 Å². The second-order valence-corrected chi connectivity index (χ2v) is 4.00. The van der Waals surface area contributed by atoms with Crippen molar-refractivity contribution in [1.82, 2.24) is 0 Å². The average molecular weight is 188 g/mol. The highest BCUT2D eigenvalue weighted by Gasteiger charge is 2.09. The SMILES string of the molecule is Cc1ccc(O)c(C2=CCCCC2)c1. The van der Waals surface area contributed by atoms with Crippen LogP contribution in [-0.2, 0) is 0 Å². The predicted molar refractivity (Wildman–Crippen MR) is 59.3 cm³/mol. The number of phenolic OH excluding ortho intramolecular Hbond substituents is 1. The highest BCUT2D eigenvalue weighted by atomic mass is 16.3. The fourth-order valence-electron chi connectivity index (χ4n) is 1.99. The molecule has 0 spiro atoms. The summed E-state index contributed by atoms with van der Waals surface area (Å²) in [5, 5.41) is 9.75. The van der Waals surface area contributed by atoms with Crippen LogP contribution < -0.4 is 0 Å². The van der Waals surface area contributed by atoms with Gasteiger partial charge in [0.05, 0.1) is 0 Å². The Morgan fingerprint density at radius 1 is 1.21 bits per heavy atom. The molecule has 0 heterocycles. The van der Waals surface area contributed by atoms with E-state index < -0.39 is 0 Å². The molecule has 1 N–H and O–H groups in total. The van der Waals surface area contributed by atoms with Crippen molar-refractivity contribution in [2.45, 2.75) is 32.6 Å². The first-order valence-electron chi connectivity index (χ1n) is 5.26. The summed E-state index contributed by atoms with van der Waals surface area (Å²) in [6.45, 7) is 2.06. The fourth-order valence-corrected chi connectivity index (χ4v) is 1.99. The van der Waals surface area contributed by atoms with Gasteiger partial charge in [-0.1, -0.05) is 17.7 Å². The van der Waals surface area contributed by atoms with Crippen LogP contribution in [0, 0.1) is 6.92 Å². The van der Waals surface area contributed by atoms with Crippen molar-refractivity contribution in [1.29, 1.82) is 0 Å². The van der Waals surface area contributed by atoms with E-state index in [-0.39, 0.29) is 0 Å². The second kappa shape index (κ2) is 3.87. The maximum Gasteiger partial charge on any atom is 0.123 e. The van der Waals surface area contributed by atoms with Crippen LogP contribution in [-0.4, -0.2) is 5.11 Å². The lowest BCUT2D eigenvalue weighted by molar-refractivity contribution is 0.473. The zero-order chi connectivity index (χ0) is 9.97. The maximum atomic E-state index is 9.75. The van der Waals surface area contributed by atoms with Crippen molar-refractivity contribution >= 4 is 5.57 Å². The molecule has 0 radical (unpaired) electrons. The van der Waals surface area contributed by atoms with Crippen LogP contribution in [0.1, 0.15) is 36.8 Å². The zero-order valence-electron chi connectivity index (χ0n) is 8.59. The molecule has 0 saturated carbocycles. The summed E-state index contributed by atoms with van der Waals surface area (Å²) in [5.41, 5.74) is 3.56. The number of phenols is 1. The van der Waals surface area contributed by atoms with E-state index in [9.17, 15) is 5.11 Å². The molecular weight excluding hydrogens is 172 g/mol. The lowest BCUT2D eigenvalue weighted by Gasteiger charge is -2.14. The number of hydrogen-bond donors (Lipinski definition) is 1. The third-order valence-corrected chi connectivity index (χ3v) is 2.79. The van der Waals surface area contributed by atoms with E-state index in [4.69, 9.17) is 0 Å². The molecule has 2 rings (SSSR count).